The van der Waals surface area contributed by atoms with Crippen molar-refractivity contribution in [2.75, 3.05) is 13.4 Å². The molecule has 2 aliphatic carbocycles. The van der Waals surface area contributed by atoms with Gasteiger partial charge in [0.25, 0.3) is 0 Å². The molecule has 0 N–H and O–H groups in total. The van der Waals surface area contributed by atoms with Crippen molar-refractivity contribution < 1.29 is 14.3 Å². The summed E-state index contributed by atoms with van der Waals surface area (Å²) < 4.78 is 11.3. The third-order valence-electron chi connectivity index (χ3n) is 5.88. The van der Waals surface area contributed by atoms with Crippen molar-refractivity contribution >= 4 is 6.29 Å². The predicted octanol–water partition coefficient (Wildman–Crippen LogP) is 2.95. The van der Waals surface area contributed by atoms with E-state index in [0.717, 1.165) is 32.2 Å². The van der Waals surface area contributed by atoms with Gasteiger partial charge in [-0.2, -0.15) is 0 Å². The number of hydrogen-bond donors (Lipinski definition) is 0. The Balaban J connectivity index is 1.88. The lowest BCUT2D eigenvalue weighted by molar-refractivity contribution is -0.218. The number of aldehydes is 1. The molecule has 3 nitrogen and oxygen atoms in total. The highest BCUT2D eigenvalue weighted by atomic mass is 16.7. The summed E-state index contributed by atoms with van der Waals surface area (Å²) in [4.78, 5) is 11.0. The third-order valence-corrected chi connectivity index (χ3v) is 5.88. The van der Waals surface area contributed by atoms with E-state index < -0.39 is 0 Å². The number of ether oxygens (including phenoxy) is 2. The van der Waals surface area contributed by atoms with Gasteiger partial charge in [0.1, 0.15) is 13.1 Å². The summed E-state index contributed by atoms with van der Waals surface area (Å²) in [5.74, 6) is 1.48. The van der Waals surface area contributed by atoms with E-state index in [1.165, 1.54) is 12.0 Å². The Hall–Kier alpha value is -0.670. The van der Waals surface area contributed by atoms with Crippen LogP contribution in [0.25, 0.3) is 0 Å². The van der Waals surface area contributed by atoms with Crippen LogP contribution in [-0.4, -0.2) is 25.8 Å². The lowest BCUT2D eigenvalue weighted by Crippen LogP contribution is -2.54. The minimum atomic E-state index is 0.210. The van der Waals surface area contributed by atoms with E-state index in [-0.39, 0.29) is 5.41 Å². The second-order valence-corrected chi connectivity index (χ2v) is 6.66. The van der Waals surface area contributed by atoms with E-state index in [4.69, 9.17) is 9.47 Å². The van der Waals surface area contributed by atoms with Gasteiger partial charge in [-0.15, -0.1) is 0 Å². The van der Waals surface area contributed by atoms with E-state index in [1.54, 1.807) is 0 Å². The van der Waals surface area contributed by atoms with Crippen LogP contribution in [0.3, 0.4) is 0 Å². The first-order chi connectivity index (χ1) is 9.16. The van der Waals surface area contributed by atoms with Crippen LogP contribution in [0, 0.1) is 23.2 Å². The van der Waals surface area contributed by atoms with Crippen LogP contribution in [0.1, 0.15) is 39.0 Å². The van der Waals surface area contributed by atoms with Gasteiger partial charge in [0.05, 0.1) is 12.7 Å². The van der Waals surface area contributed by atoms with Gasteiger partial charge in [0, 0.05) is 12.3 Å². The predicted molar refractivity (Wildman–Crippen MR) is 72.6 cm³/mol. The van der Waals surface area contributed by atoms with Gasteiger partial charge in [-0.25, -0.2) is 0 Å². The smallest absolute Gasteiger partial charge is 0.147 e. The van der Waals surface area contributed by atoms with E-state index >= 15 is 0 Å². The SMILES string of the molecule is C=C1CCC2C3COCOC3CCC2(C)C1CC=O. The third kappa shape index (κ3) is 2.07. The maximum absolute atomic E-state index is 11.0. The molecule has 2 saturated carbocycles. The summed E-state index contributed by atoms with van der Waals surface area (Å²) in [7, 11) is 0. The van der Waals surface area contributed by atoms with Crippen molar-refractivity contribution in [3.63, 3.8) is 0 Å². The number of allylic oxidation sites excluding steroid dienone is 1. The van der Waals surface area contributed by atoms with Crippen LogP contribution in [0.2, 0.25) is 0 Å². The fraction of sp³-hybridized carbons (Fsp3) is 0.812. The monoisotopic (exact) mass is 264 g/mol. The first-order valence-corrected chi connectivity index (χ1v) is 7.47. The number of fused-ring (bicyclic) bond motifs is 3. The van der Waals surface area contributed by atoms with Crippen molar-refractivity contribution in [3.05, 3.63) is 12.2 Å². The molecule has 3 fully saturated rings. The Morgan fingerprint density at radius 3 is 3.11 bits per heavy atom. The van der Waals surface area contributed by atoms with Gasteiger partial charge < -0.3 is 14.3 Å². The second kappa shape index (κ2) is 5.02. The largest absolute Gasteiger partial charge is 0.355 e. The van der Waals surface area contributed by atoms with Crippen LogP contribution in [-0.2, 0) is 14.3 Å². The molecule has 19 heavy (non-hydrogen) atoms. The first kappa shape index (κ1) is 13.3. The number of carbonyl (C=O) groups is 1. The summed E-state index contributed by atoms with van der Waals surface area (Å²) in [6.07, 6.45) is 6.56. The molecule has 1 aliphatic heterocycles. The van der Waals surface area contributed by atoms with Crippen LogP contribution in [0.15, 0.2) is 12.2 Å². The van der Waals surface area contributed by atoms with Gasteiger partial charge in [0.15, 0.2) is 0 Å². The van der Waals surface area contributed by atoms with Crippen LogP contribution < -0.4 is 0 Å². The summed E-state index contributed by atoms with van der Waals surface area (Å²) >= 11 is 0. The normalized spacial score (nSPS) is 46.3. The van der Waals surface area contributed by atoms with Crippen molar-refractivity contribution in [1.29, 1.82) is 0 Å². The molecule has 1 heterocycles. The van der Waals surface area contributed by atoms with Crippen molar-refractivity contribution in [3.8, 4) is 0 Å². The van der Waals surface area contributed by atoms with E-state index in [1.807, 2.05) is 0 Å². The molecule has 106 valence electrons. The highest BCUT2D eigenvalue weighted by Gasteiger charge is 2.53. The maximum atomic E-state index is 11.0. The zero-order valence-corrected chi connectivity index (χ0v) is 11.8. The number of hydrogen-bond acceptors (Lipinski definition) is 3. The standard InChI is InChI=1S/C16H24O3/c1-11-3-4-14-12-9-18-10-19-15(12)5-7-16(14,2)13(11)6-8-17/h8,12-15H,1,3-7,9-10H2,2H3. The first-order valence-electron chi connectivity index (χ1n) is 7.47. The molecule has 0 aromatic carbocycles. The fourth-order valence-electron chi connectivity index (χ4n) is 4.84. The molecule has 5 unspecified atom stereocenters. The van der Waals surface area contributed by atoms with E-state index in [0.29, 0.717) is 37.1 Å². The highest BCUT2D eigenvalue weighted by molar-refractivity contribution is 5.51. The number of carbonyl (C=O) groups excluding carboxylic acids is 1. The number of rotatable bonds is 2. The summed E-state index contributed by atoms with van der Waals surface area (Å²) in [6, 6.07) is 0. The molecule has 0 spiro atoms. The molecular formula is C16H24O3. The molecule has 5 atom stereocenters. The molecule has 0 aromatic rings. The highest BCUT2D eigenvalue weighted by Crippen LogP contribution is 2.58. The van der Waals surface area contributed by atoms with Crippen LogP contribution >= 0.6 is 0 Å². The molecular weight excluding hydrogens is 240 g/mol. The fourth-order valence-corrected chi connectivity index (χ4v) is 4.84. The molecule has 0 aromatic heterocycles. The van der Waals surface area contributed by atoms with Crippen LogP contribution in [0.5, 0.6) is 0 Å². The van der Waals surface area contributed by atoms with Crippen LogP contribution in [0.4, 0.5) is 0 Å². The quantitative estimate of drug-likeness (QED) is 0.568. The minimum absolute atomic E-state index is 0.210. The Morgan fingerprint density at radius 2 is 2.32 bits per heavy atom. The Bertz CT molecular complexity index is 378. The average molecular weight is 264 g/mol. The molecule has 0 radical (unpaired) electrons. The second-order valence-electron chi connectivity index (χ2n) is 6.66. The minimum Gasteiger partial charge on any atom is -0.355 e. The molecule has 3 heteroatoms. The topological polar surface area (TPSA) is 35.5 Å². The molecule has 0 amide bonds. The van der Waals surface area contributed by atoms with Gasteiger partial charge in [-0.05, 0) is 42.9 Å². The van der Waals surface area contributed by atoms with E-state index in [2.05, 4.69) is 13.5 Å². The summed E-state index contributed by atoms with van der Waals surface area (Å²) in [5.41, 5.74) is 1.49. The maximum Gasteiger partial charge on any atom is 0.147 e. The Labute approximate surface area is 115 Å². The molecule has 1 saturated heterocycles. The van der Waals surface area contributed by atoms with Gasteiger partial charge in [-0.3, -0.25) is 0 Å². The zero-order valence-electron chi connectivity index (χ0n) is 11.8. The lowest BCUT2D eigenvalue weighted by atomic mass is 9.50. The summed E-state index contributed by atoms with van der Waals surface area (Å²) in [5, 5.41) is 0. The van der Waals surface area contributed by atoms with Crippen molar-refractivity contribution in [1.82, 2.24) is 0 Å². The van der Waals surface area contributed by atoms with Gasteiger partial charge in [0.2, 0.25) is 0 Å². The Morgan fingerprint density at radius 1 is 1.47 bits per heavy atom. The molecule has 3 aliphatic rings. The van der Waals surface area contributed by atoms with Crippen molar-refractivity contribution in [2.45, 2.75) is 45.1 Å². The van der Waals surface area contributed by atoms with Gasteiger partial charge in [-0.1, -0.05) is 19.1 Å². The summed E-state index contributed by atoms with van der Waals surface area (Å²) in [6.45, 7) is 7.87. The Kier molecular flexibility index (Phi) is 3.52. The molecule has 3 rings (SSSR count). The average Bonchev–Trinajstić information content (AvgIpc) is 2.42. The molecule has 0 bridgehead atoms. The van der Waals surface area contributed by atoms with Crippen molar-refractivity contribution in [2.24, 2.45) is 23.2 Å². The van der Waals surface area contributed by atoms with Gasteiger partial charge >= 0.3 is 0 Å². The lowest BCUT2D eigenvalue weighted by Gasteiger charge is -2.57. The zero-order chi connectivity index (χ0) is 13.5. The van der Waals surface area contributed by atoms with E-state index in [9.17, 15) is 4.79 Å².